The van der Waals surface area contributed by atoms with E-state index in [4.69, 9.17) is 5.11 Å². The predicted octanol–water partition coefficient (Wildman–Crippen LogP) is 2.60. The molecule has 0 bridgehead atoms. The van der Waals surface area contributed by atoms with Gasteiger partial charge >= 0.3 is 0 Å². The molecule has 1 atom stereocenters. The van der Waals surface area contributed by atoms with Crippen molar-refractivity contribution in [2.45, 2.75) is 13.0 Å². The van der Waals surface area contributed by atoms with Crippen LogP contribution in [0.25, 0.3) is 22.4 Å². The van der Waals surface area contributed by atoms with Gasteiger partial charge in [0.1, 0.15) is 23.3 Å². The third-order valence-corrected chi connectivity index (χ3v) is 3.93. The first-order chi connectivity index (χ1) is 12.0. The summed E-state index contributed by atoms with van der Waals surface area (Å²) >= 11 is 0. The molecule has 128 valence electrons. The van der Waals surface area contributed by atoms with Crippen LogP contribution in [0.2, 0.25) is 0 Å². The summed E-state index contributed by atoms with van der Waals surface area (Å²) in [6, 6.07) is 13.7. The fourth-order valence-electron chi connectivity index (χ4n) is 2.66. The Morgan fingerprint density at radius 2 is 1.96 bits per heavy atom. The van der Waals surface area contributed by atoms with Crippen molar-refractivity contribution in [1.82, 2.24) is 9.97 Å². The van der Waals surface area contributed by atoms with Crippen molar-refractivity contribution in [3.63, 3.8) is 0 Å². The summed E-state index contributed by atoms with van der Waals surface area (Å²) in [5.74, 6) is -0.303. The molecule has 0 saturated heterocycles. The van der Waals surface area contributed by atoms with Crippen LogP contribution < -0.4 is 0 Å². The van der Waals surface area contributed by atoms with Gasteiger partial charge in [-0.15, -0.1) is 0 Å². The molecule has 4 N–H and O–H groups in total. The third kappa shape index (κ3) is 3.31. The molecule has 25 heavy (non-hydrogen) atoms. The molecule has 3 aromatic rings. The van der Waals surface area contributed by atoms with Gasteiger partial charge in [-0.1, -0.05) is 30.3 Å². The Balaban J connectivity index is 2.14. The largest absolute Gasteiger partial charge is 0.506 e. The van der Waals surface area contributed by atoms with Gasteiger partial charge < -0.3 is 20.3 Å². The van der Waals surface area contributed by atoms with Crippen LogP contribution in [0, 0.1) is 0 Å². The molecule has 1 heterocycles. The average molecular weight is 338 g/mol. The molecule has 3 rings (SSSR count). The molecule has 1 aromatic heterocycles. The second-order valence-electron chi connectivity index (χ2n) is 5.71. The Morgan fingerprint density at radius 3 is 2.64 bits per heavy atom. The first-order valence-corrected chi connectivity index (χ1v) is 7.80. The number of imidazole rings is 1. The summed E-state index contributed by atoms with van der Waals surface area (Å²) in [6.07, 6.45) is -1.06. The lowest BCUT2D eigenvalue weighted by molar-refractivity contribution is -0.111. The SMILES string of the molecule is CC(=O)C(=C(O)c1cccc(C(O)CO)c1)c1nc2ccccc2[nH]1. The van der Waals surface area contributed by atoms with Crippen LogP contribution in [0.1, 0.15) is 30.0 Å². The Labute approximate surface area is 144 Å². The molecule has 0 radical (unpaired) electrons. The standard InChI is InChI=1S/C19H18N2O4/c1-11(23)17(19-20-14-7-2-3-8-15(14)21-19)18(25)13-6-4-5-12(9-13)16(24)10-22/h2-9,16,22,24-25H,10H2,1H3,(H,20,21). The molecule has 6 heteroatoms. The van der Waals surface area contributed by atoms with Gasteiger partial charge in [0.25, 0.3) is 0 Å². The number of H-pyrrole nitrogens is 1. The van der Waals surface area contributed by atoms with Crippen LogP contribution in [0.3, 0.4) is 0 Å². The van der Waals surface area contributed by atoms with E-state index in [9.17, 15) is 15.0 Å². The van der Waals surface area contributed by atoms with Crippen LogP contribution in [-0.4, -0.2) is 37.7 Å². The quantitative estimate of drug-likeness (QED) is 0.423. The number of ketones is 1. The lowest BCUT2D eigenvalue weighted by Gasteiger charge is -2.11. The van der Waals surface area contributed by atoms with E-state index in [-0.39, 0.29) is 22.9 Å². The van der Waals surface area contributed by atoms with E-state index in [1.807, 2.05) is 24.3 Å². The van der Waals surface area contributed by atoms with E-state index in [1.54, 1.807) is 18.2 Å². The number of carbonyl (C=O) groups excluding carboxylic acids is 1. The average Bonchev–Trinajstić information content (AvgIpc) is 3.04. The van der Waals surface area contributed by atoms with E-state index in [2.05, 4.69) is 9.97 Å². The molecule has 2 aromatic carbocycles. The van der Waals surface area contributed by atoms with Gasteiger partial charge in [0.05, 0.1) is 17.6 Å². The predicted molar refractivity (Wildman–Crippen MR) is 94.7 cm³/mol. The van der Waals surface area contributed by atoms with Crippen molar-refractivity contribution in [2.75, 3.05) is 6.61 Å². The highest BCUT2D eigenvalue weighted by Gasteiger charge is 2.19. The summed E-state index contributed by atoms with van der Waals surface area (Å²) < 4.78 is 0. The molecule has 0 amide bonds. The molecular formula is C19H18N2O4. The minimum Gasteiger partial charge on any atom is -0.506 e. The topological polar surface area (TPSA) is 106 Å². The van der Waals surface area contributed by atoms with Crippen molar-refractivity contribution in [2.24, 2.45) is 0 Å². The Morgan fingerprint density at radius 1 is 1.20 bits per heavy atom. The molecule has 0 aliphatic carbocycles. The second-order valence-corrected chi connectivity index (χ2v) is 5.71. The zero-order valence-electron chi connectivity index (χ0n) is 13.6. The molecule has 6 nitrogen and oxygen atoms in total. The zero-order valence-corrected chi connectivity index (χ0v) is 13.6. The monoisotopic (exact) mass is 338 g/mol. The van der Waals surface area contributed by atoms with Crippen molar-refractivity contribution in [1.29, 1.82) is 0 Å². The maximum absolute atomic E-state index is 12.1. The molecule has 0 spiro atoms. The van der Waals surface area contributed by atoms with E-state index >= 15 is 0 Å². The number of nitrogens with zero attached hydrogens (tertiary/aromatic N) is 1. The number of hydrogen-bond donors (Lipinski definition) is 4. The maximum Gasteiger partial charge on any atom is 0.167 e. The van der Waals surface area contributed by atoms with Crippen LogP contribution in [0.15, 0.2) is 48.5 Å². The first-order valence-electron chi connectivity index (χ1n) is 7.80. The molecule has 0 saturated carbocycles. The van der Waals surface area contributed by atoms with Gasteiger partial charge in [-0.25, -0.2) is 4.98 Å². The Hall–Kier alpha value is -2.96. The Bertz CT molecular complexity index is 926. The number of nitrogens with one attached hydrogen (secondary N) is 1. The fraction of sp³-hybridized carbons (Fsp3) is 0.158. The van der Waals surface area contributed by atoms with E-state index in [0.29, 0.717) is 16.6 Å². The highest BCUT2D eigenvalue weighted by atomic mass is 16.3. The van der Waals surface area contributed by atoms with Crippen LogP contribution >= 0.6 is 0 Å². The molecule has 0 aliphatic heterocycles. The van der Waals surface area contributed by atoms with Gasteiger partial charge in [-0.05, 0) is 30.7 Å². The third-order valence-electron chi connectivity index (χ3n) is 3.93. The van der Waals surface area contributed by atoms with Crippen LogP contribution in [-0.2, 0) is 4.79 Å². The number of benzene rings is 2. The number of aromatic nitrogens is 2. The number of Topliss-reactive ketones (excluding diaryl/α,β-unsaturated/α-hetero) is 1. The molecule has 1 unspecified atom stereocenters. The van der Waals surface area contributed by atoms with Crippen molar-refractivity contribution < 1.29 is 20.1 Å². The number of aromatic amines is 1. The van der Waals surface area contributed by atoms with Crippen molar-refractivity contribution in [3.8, 4) is 0 Å². The number of aliphatic hydroxyl groups is 3. The molecular weight excluding hydrogens is 320 g/mol. The minimum atomic E-state index is -1.06. The minimum absolute atomic E-state index is 0.0619. The number of aliphatic hydroxyl groups excluding tert-OH is 3. The zero-order chi connectivity index (χ0) is 18.0. The Kier molecular flexibility index (Phi) is 4.65. The lowest BCUT2D eigenvalue weighted by atomic mass is 10.0. The second kappa shape index (κ2) is 6.88. The van der Waals surface area contributed by atoms with Gasteiger partial charge in [-0.3, -0.25) is 4.79 Å². The number of fused-ring (bicyclic) bond motifs is 1. The van der Waals surface area contributed by atoms with Crippen molar-refractivity contribution in [3.05, 3.63) is 65.5 Å². The van der Waals surface area contributed by atoms with Crippen LogP contribution in [0.4, 0.5) is 0 Å². The number of carbonyl (C=O) groups is 1. The van der Waals surface area contributed by atoms with Crippen LogP contribution in [0.5, 0.6) is 0 Å². The fourth-order valence-corrected chi connectivity index (χ4v) is 2.66. The maximum atomic E-state index is 12.1. The van der Waals surface area contributed by atoms with Crippen molar-refractivity contribution >= 4 is 28.1 Å². The highest BCUT2D eigenvalue weighted by Crippen LogP contribution is 2.27. The summed E-state index contributed by atoms with van der Waals surface area (Å²) in [7, 11) is 0. The first kappa shape index (κ1) is 16.9. The summed E-state index contributed by atoms with van der Waals surface area (Å²) in [6.45, 7) is 0.919. The van der Waals surface area contributed by atoms with E-state index < -0.39 is 12.7 Å². The van der Waals surface area contributed by atoms with E-state index in [0.717, 1.165) is 5.52 Å². The summed E-state index contributed by atoms with van der Waals surface area (Å²) in [5, 5.41) is 29.5. The van der Waals surface area contributed by atoms with Gasteiger partial charge in [-0.2, -0.15) is 0 Å². The van der Waals surface area contributed by atoms with E-state index in [1.165, 1.54) is 13.0 Å². The number of hydrogen-bond acceptors (Lipinski definition) is 5. The normalized spacial score (nSPS) is 13.6. The number of para-hydroxylation sites is 2. The molecule has 0 fully saturated rings. The van der Waals surface area contributed by atoms with Gasteiger partial charge in [0.15, 0.2) is 5.78 Å². The lowest BCUT2D eigenvalue weighted by Crippen LogP contribution is -2.05. The summed E-state index contributed by atoms with van der Waals surface area (Å²) in [4.78, 5) is 19.6. The summed E-state index contributed by atoms with van der Waals surface area (Å²) in [5.41, 5.74) is 2.31. The number of rotatable bonds is 5. The van der Waals surface area contributed by atoms with Gasteiger partial charge in [0, 0.05) is 5.56 Å². The number of allylic oxidation sites excluding steroid dienone is 1. The highest BCUT2D eigenvalue weighted by molar-refractivity contribution is 6.25. The molecule has 0 aliphatic rings. The van der Waals surface area contributed by atoms with Gasteiger partial charge in [0.2, 0.25) is 0 Å². The smallest absolute Gasteiger partial charge is 0.167 e.